The van der Waals surface area contributed by atoms with E-state index in [1.165, 1.54) is 11.1 Å². The van der Waals surface area contributed by atoms with E-state index in [-0.39, 0.29) is 6.17 Å². The first kappa shape index (κ1) is 24.4. The molecule has 34 heavy (non-hydrogen) atoms. The fourth-order valence-corrected chi connectivity index (χ4v) is 4.80. The van der Waals surface area contributed by atoms with E-state index in [4.69, 9.17) is 25.8 Å². The van der Waals surface area contributed by atoms with E-state index < -0.39 is 0 Å². The first-order chi connectivity index (χ1) is 16.6. The third-order valence-corrected chi connectivity index (χ3v) is 6.46. The predicted octanol–water partition coefficient (Wildman–Crippen LogP) is 6.16. The van der Waals surface area contributed by atoms with Gasteiger partial charge in [-0.2, -0.15) is 0 Å². The lowest BCUT2D eigenvalue weighted by atomic mass is 10.0. The van der Waals surface area contributed by atoms with Crippen LogP contribution in [0.3, 0.4) is 0 Å². The molecule has 1 aliphatic heterocycles. The molecule has 0 radical (unpaired) electrons. The zero-order valence-electron chi connectivity index (χ0n) is 20.2. The fourth-order valence-electron chi connectivity index (χ4n) is 4.62. The number of rotatable bonds is 9. The van der Waals surface area contributed by atoms with E-state index in [0.717, 1.165) is 60.4 Å². The Labute approximate surface area is 207 Å². The third-order valence-electron chi connectivity index (χ3n) is 6.22. The zero-order chi connectivity index (χ0) is 23.9. The molecular formula is C28H33ClN2O3. The van der Waals surface area contributed by atoms with Gasteiger partial charge in [-0.3, -0.25) is 9.80 Å². The van der Waals surface area contributed by atoms with Crippen molar-refractivity contribution in [3.63, 3.8) is 0 Å². The van der Waals surface area contributed by atoms with Crippen molar-refractivity contribution in [2.75, 3.05) is 33.9 Å². The molecule has 0 bridgehead atoms. The molecule has 5 nitrogen and oxygen atoms in total. The zero-order valence-corrected chi connectivity index (χ0v) is 20.9. The summed E-state index contributed by atoms with van der Waals surface area (Å²) < 4.78 is 16.7. The quantitative estimate of drug-likeness (QED) is 0.366. The summed E-state index contributed by atoms with van der Waals surface area (Å²) in [5.41, 5.74) is 3.60. The van der Waals surface area contributed by atoms with Gasteiger partial charge in [0.1, 0.15) is 17.2 Å². The van der Waals surface area contributed by atoms with Gasteiger partial charge in [-0.05, 0) is 66.9 Å². The highest BCUT2D eigenvalue weighted by molar-refractivity contribution is 6.30. The van der Waals surface area contributed by atoms with Crippen molar-refractivity contribution in [3.8, 4) is 17.2 Å². The molecule has 3 aromatic rings. The first-order valence-corrected chi connectivity index (χ1v) is 12.1. The highest BCUT2D eigenvalue weighted by atomic mass is 35.5. The maximum Gasteiger partial charge on any atom is 0.125 e. The summed E-state index contributed by atoms with van der Waals surface area (Å²) in [5.74, 6) is 2.63. The summed E-state index contributed by atoms with van der Waals surface area (Å²) in [6.45, 7) is 6.27. The van der Waals surface area contributed by atoms with Crippen LogP contribution in [-0.2, 0) is 13.1 Å². The third kappa shape index (κ3) is 5.84. The van der Waals surface area contributed by atoms with Crippen molar-refractivity contribution in [3.05, 3.63) is 88.4 Å². The molecule has 0 unspecified atom stereocenters. The summed E-state index contributed by atoms with van der Waals surface area (Å²) >= 11 is 6.50. The van der Waals surface area contributed by atoms with E-state index in [1.54, 1.807) is 14.2 Å². The van der Waals surface area contributed by atoms with E-state index in [1.807, 2.05) is 43.3 Å². The average molecular weight is 481 g/mol. The second kappa shape index (κ2) is 11.6. The van der Waals surface area contributed by atoms with Crippen molar-refractivity contribution < 1.29 is 14.2 Å². The van der Waals surface area contributed by atoms with Gasteiger partial charge in [0.25, 0.3) is 0 Å². The Morgan fingerprint density at radius 1 is 0.794 bits per heavy atom. The molecule has 0 aromatic heterocycles. The number of ether oxygens (including phenoxy) is 3. The Balaban J connectivity index is 1.68. The lowest BCUT2D eigenvalue weighted by molar-refractivity contribution is -0.0106. The molecule has 0 saturated carbocycles. The Bertz CT molecular complexity index is 999. The monoisotopic (exact) mass is 480 g/mol. The normalized spacial score (nSPS) is 15.3. The van der Waals surface area contributed by atoms with Crippen LogP contribution >= 0.6 is 11.6 Å². The van der Waals surface area contributed by atoms with Gasteiger partial charge in [0.05, 0.1) is 27.0 Å². The van der Waals surface area contributed by atoms with Crippen LogP contribution in [0.25, 0.3) is 0 Å². The smallest absolute Gasteiger partial charge is 0.125 e. The summed E-state index contributed by atoms with van der Waals surface area (Å²) in [5, 5.41) is 0.720. The van der Waals surface area contributed by atoms with Crippen molar-refractivity contribution >= 4 is 11.6 Å². The van der Waals surface area contributed by atoms with Gasteiger partial charge in [0.15, 0.2) is 0 Å². The summed E-state index contributed by atoms with van der Waals surface area (Å²) in [6.07, 6.45) is 1.13. The molecule has 4 rings (SSSR count). The minimum atomic E-state index is 0.0400. The molecule has 1 saturated heterocycles. The average Bonchev–Trinajstić information content (AvgIpc) is 2.86. The number of benzene rings is 3. The maximum atomic E-state index is 6.50. The first-order valence-electron chi connectivity index (χ1n) is 11.8. The molecule has 1 aliphatic rings. The van der Waals surface area contributed by atoms with Crippen LogP contribution in [-0.4, -0.2) is 43.7 Å². The van der Waals surface area contributed by atoms with Gasteiger partial charge in [-0.1, -0.05) is 35.9 Å². The van der Waals surface area contributed by atoms with Crippen LogP contribution in [0.5, 0.6) is 17.2 Å². The van der Waals surface area contributed by atoms with E-state index in [0.29, 0.717) is 6.61 Å². The van der Waals surface area contributed by atoms with Gasteiger partial charge in [0.2, 0.25) is 0 Å². The summed E-state index contributed by atoms with van der Waals surface area (Å²) in [4.78, 5) is 5.03. The largest absolute Gasteiger partial charge is 0.497 e. The molecule has 180 valence electrons. The number of nitrogens with zero attached hydrogens (tertiary/aromatic N) is 2. The molecule has 0 spiro atoms. The molecule has 0 N–H and O–H groups in total. The molecule has 3 aromatic carbocycles. The van der Waals surface area contributed by atoms with Crippen LogP contribution in [0.2, 0.25) is 5.02 Å². The van der Waals surface area contributed by atoms with Crippen LogP contribution < -0.4 is 14.2 Å². The van der Waals surface area contributed by atoms with Crippen molar-refractivity contribution in [1.82, 2.24) is 9.80 Å². The Kier molecular flexibility index (Phi) is 8.33. The minimum Gasteiger partial charge on any atom is -0.497 e. The highest BCUT2D eigenvalue weighted by Gasteiger charge is 2.33. The maximum absolute atomic E-state index is 6.50. The predicted molar refractivity (Wildman–Crippen MR) is 137 cm³/mol. The van der Waals surface area contributed by atoms with Crippen LogP contribution in [0.15, 0.2) is 66.7 Å². The fraction of sp³-hybridized carbons (Fsp3) is 0.357. The summed E-state index contributed by atoms with van der Waals surface area (Å²) in [6, 6.07) is 22.6. The van der Waals surface area contributed by atoms with Crippen LogP contribution in [0.1, 0.15) is 36.2 Å². The van der Waals surface area contributed by atoms with Crippen molar-refractivity contribution in [1.29, 1.82) is 0 Å². The van der Waals surface area contributed by atoms with Crippen molar-refractivity contribution in [2.45, 2.75) is 32.6 Å². The Morgan fingerprint density at radius 3 is 1.79 bits per heavy atom. The summed E-state index contributed by atoms with van der Waals surface area (Å²) in [7, 11) is 3.39. The Morgan fingerprint density at radius 2 is 1.32 bits per heavy atom. The SMILES string of the molecule is CCOc1ccc(Cl)cc1C1N(Cc2ccc(OC)cc2)CCCN1Cc1ccc(OC)cc1. The number of halogens is 1. The Hall–Kier alpha value is -2.73. The number of hydrogen-bond donors (Lipinski definition) is 0. The highest BCUT2D eigenvalue weighted by Crippen LogP contribution is 2.38. The van der Waals surface area contributed by atoms with E-state index in [9.17, 15) is 0 Å². The molecule has 0 atom stereocenters. The van der Waals surface area contributed by atoms with Gasteiger partial charge in [-0.25, -0.2) is 0 Å². The lowest BCUT2D eigenvalue weighted by Gasteiger charge is -2.45. The van der Waals surface area contributed by atoms with Gasteiger partial charge in [0, 0.05) is 36.8 Å². The minimum absolute atomic E-state index is 0.0400. The molecule has 0 aliphatic carbocycles. The molecule has 1 heterocycles. The van der Waals surface area contributed by atoms with E-state index >= 15 is 0 Å². The second-order valence-electron chi connectivity index (χ2n) is 8.48. The topological polar surface area (TPSA) is 34.2 Å². The number of methoxy groups -OCH3 is 2. The molecule has 0 amide bonds. The molecular weight excluding hydrogens is 448 g/mol. The van der Waals surface area contributed by atoms with Gasteiger partial charge < -0.3 is 14.2 Å². The number of hydrogen-bond acceptors (Lipinski definition) is 5. The lowest BCUT2D eigenvalue weighted by Crippen LogP contribution is -2.47. The second-order valence-corrected chi connectivity index (χ2v) is 8.92. The molecule has 6 heteroatoms. The van der Waals surface area contributed by atoms with Gasteiger partial charge >= 0.3 is 0 Å². The van der Waals surface area contributed by atoms with E-state index in [2.05, 4.69) is 40.1 Å². The standard InChI is InChI=1S/C28H33ClN2O3/c1-4-34-27-15-10-23(29)18-26(27)28-30(19-21-6-11-24(32-2)12-7-21)16-5-17-31(28)20-22-8-13-25(33-3)14-9-22/h6-15,18,28H,4-5,16-17,19-20H2,1-3H3. The molecule has 1 fully saturated rings. The van der Waals surface area contributed by atoms with Gasteiger partial charge in [-0.15, -0.1) is 0 Å². The van der Waals surface area contributed by atoms with Crippen LogP contribution in [0, 0.1) is 0 Å². The van der Waals surface area contributed by atoms with Crippen LogP contribution in [0.4, 0.5) is 0 Å². The van der Waals surface area contributed by atoms with Crippen molar-refractivity contribution in [2.24, 2.45) is 0 Å².